The molecule has 0 saturated carbocycles. The standard InChI is InChI=1S/C12H14O4/c1-15-10-4-2-9(3-5-10)12(6-11(13)14)7-16-8-12/h2-5H,6-8H2,1H3,(H,13,14). The number of aliphatic carboxylic acids is 1. The Morgan fingerprint density at radius 2 is 2.06 bits per heavy atom. The lowest BCUT2D eigenvalue weighted by Gasteiger charge is -2.40. The fraction of sp³-hybridized carbons (Fsp3) is 0.417. The largest absolute Gasteiger partial charge is 0.497 e. The second kappa shape index (κ2) is 4.14. The Hall–Kier alpha value is -1.55. The average molecular weight is 222 g/mol. The van der Waals surface area contributed by atoms with Gasteiger partial charge in [-0.3, -0.25) is 4.79 Å². The van der Waals surface area contributed by atoms with Crippen molar-refractivity contribution >= 4 is 5.97 Å². The Balaban J connectivity index is 2.22. The first-order valence-corrected chi connectivity index (χ1v) is 5.10. The summed E-state index contributed by atoms with van der Waals surface area (Å²) in [5.41, 5.74) is 0.653. The molecule has 0 aliphatic carbocycles. The van der Waals surface area contributed by atoms with Crippen molar-refractivity contribution in [2.75, 3.05) is 20.3 Å². The lowest BCUT2D eigenvalue weighted by molar-refractivity contribution is -0.145. The van der Waals surface area contributed by atoms with Gasteiger partial charge in [0.05, 0.1) is 32.2 Å². The van der Waals surface area contributed by atoms with E-state index in [9.17, 15) is 4.79 Å². The van der Waals surface area contributed by atoms with E-state index in [1.54, 1.807) is 7.11 Å². The summed E-state index contributed by atoms with van der Waals surface area (Å²) in [6, 6.07) is 7.50. The average Bonchev–Trinajstić information content (AvgIpc) is 2.23. The van der Waals surface area contributed by atoms with Gasteiger partial charge >= 0.3 is 5.97 Å². The van der Waals surface area contributed by atoms with Gasteiger partial charge in [-0.25, -0.2) is 0 Å². The molecule has 2 rings (SSSR count). The quantitative estimate of drug-likeness (QED) is 0.837. The van der Waals surface area contributed by atoms with Gasteiger partial charge in [-0.05, 0) is 17.7 Å². The Morgan fingerprint density at radius 1 is 1.44 bits per heavy atom. The molecule has 0 amide bonds. The van der Waals surface area contributed by atoms with E-state index in [2.05, 4.69) is 0 Å². The van der Waals surface area contributed by atoms with Gasteiger partial charge in [0, 0.05) is 0 Å². The summed E-state index contributed by atoms with van der Waals surface area (Å²) < 4.78 is 10.2. The maximum Gasteiger partial charge on any atom is 0.304 e. The van der Waals surface area contributed by atoms with Gasteiger partial charge < -0.3 is 14.6 Å². The molecule has 1 aromatic carbocycles. The van der Waals surface area contributed by atoms with Crippen LogP contribution in [0.15, 0.2) is 24.3 Å². The highest BCUT2D eigenvalue weighted by atomic mass is 16.5. The van der Waals surface area contributed by atoms with Crippen molar-refractivity contribution in [3.63, 3.8) is 0 Å². The summed E-state index contributed by atoms with van der Waals surface area (Å²) in [7, 11) is 1.61. The van der Waals surface area contributed by atoms with Crippen LogP contribution in [0, 0.1) is 0 Å². The molecule has 86 valence electrons. The first-order valence-electron chi connectivity index (χ1n) is 5.10. The van der Waals surface area contributed by atoms with E-state index in [-0.39, 0.29) is 11.8 Å². The van der Waals surface area contributed by atoms with Crippen LogP contribution in [0.25, 0.3) is 0 Å². The fourth-order valence-electron chi connectivity index (χ4n) is 1.95. The van der Waals surface area contributed by atoms with E-state index < -0.39 is 5.97 Å². The third kappa shape index (κ3) is 1.88. The smallest absolute Gasteiger partial charge is 0.304 e. The van der Waals surface area contributed by atoms with E-state index in [1.165, 1.54) is 0 Å². The zero-order valence-corrected chi connectivity index (χ0v) is 9.10. The normalized spacial score (nSPS) is 17.6. The number of carbonyl (C=O) groups is 1. The molecule has 0 unspecified atom stereocenters. The van der Waals surface area contributed by atoms with Crippen LogP contribution in [0.2, 0.25) is 0 Å². The number of hydrogen-bond acceptors (Lipinski definition) is 3. The molecule has 0 atom stereocenters. The molecule has 1 aliphatic rings. The molecule has 0 radical (unpaired) electrons. The van der Waals surface area contributed by atoms with Crippen LogP contribution < -0.4 is 4.74 Å². The maximum atomic E-state index is 10.8. The molecule has 1 heterocycles. The number of hydrogen-bond donors (Lipinski definition) is 1. The molecule has 16 heavy (non-hydrogen) atoms. The van der Waals surface area contributed by atoms with Crippen molar-refractivity contribution < 1.29 is 19.4 Å². The van der Waals surface area contributed by atoms with Crippen LogP contribution >= 0.6 is 0 Å². The summed E-state index contributed by atoms with van der Waals surface area (Å²) in [4.78, 5) is 10.8. The lowest BCUT2D eigenvalue weighted by Crippen LogP contribution is -2.48. The highest BCUT2D eigenvalue weighted by molar-refractivity contribution is 5.69. The van der Waals surface area contributed by atoms with E-state index >= 15 is 0 Å². The van der Waals surface area contributed by atoms with Crippen LogP contribution in [0.4, 0.5) is 0 Å². The molecule has 1 fully saturated rings. The fourth-order valence-corrected chi connectivity index (χ4v) is 1.95. The molecule has 1 aliphatic heterocycles. The molecule has 4 nitrogen and oxygen atoms in total. The van der Waals surface area contributed by atoms with Gasteiger partial charge in [0.15, 0.2) is 0 Å². The van der Waals surface area contributed by atoms with E-state index in [0.29, 0.717) is 13.2 Å². The van der Waals surface area contributed by atoms with Gasteiger partial charge in [-0.1, -0.05) is 12.1 Å². The van der Waals surface area contributed by atoms with Crippen LogP contribution in [0.5, 0.6) is 5.75 Å². The first-order chi connectivity index (χ1) is 7.66. The molecule has 1 saturated heterocycles. The van der Waals surface area contributed by atoms with Gasteiger partial charge in [-0.15, -0.1) is 0 Å². The Morgan fingerprint density at radius 3 is 2.44 bits per heavy atom. The minimum atomic E-state index is -0.792. The molecule has 0 bridgehead atoms. The number of carboxylic acids is 1. The molecule has 1 N–H and O–H groups in total. The van der Waals surface area contributed by atoms with Gasteiger partial charge in [0.1, 0.15) is 5.75 Å². The van der Waals surface area contributed by atoms with Gasteiger partial charge in [-0.2, -0.15) is 0 Å². The van der Waals surface area contributed by atoms with E-state index in [0.717, 1.165) is 11.3 Å². The molecular formula is C12H14O4. The van der Waals surface area contributed by atoms with Gasteiger partial charge in [0.2, 0.25) is 0 Å². The summed E-state index contributed by atoms with van der Waals surface area (Å²) in [6.45, 7) is 0.956. The Bertz CT molecular complexity index is 379. The topological polar surface area (TPSA) is 55.8 Å². The third-order valence-electron chi connectivity index (χ3n) is 2.95. The maximum absolute atomic E-state index is 10.8. The van der Waals surface area contributed by atoms with Crippen molar-refractivity contribution in [3.05, 3.63) is 29.8 Å². The third-order valence-corrected chi connectivity index (χ3v) is 2.95. The summed E-state index contributed by atoms with van der Waals surface area (Å²) in [5, 5.41) is 8.90. The number of ether oxygens (including phenoxy) is 2. The molecule has 0 aromatic heterocycles. The number of methoxy groups -OCH3 is 1. The van der Waals surface area contributed by atoms with Crippen molar-refractivity contribution in [2.45, 2.75) is 11.8 Å². The van der Waals surface area contributed by atoms with Crippen molar-refractivity contribution in [2.24, 2.45) is 0 Å². The van der Waals surface area contributed by atoms with Crippen molar-refractivity contribution in [1.29, 1.82) is 0 Å². The van der Waals surface area contributed by atoms with E-state index in [1.807, 2.05) is 24.3 Å². The van der Waals surface area contributed by atoms with Gasteiger partial charge in [0.25, 0.3) is 0 Å². The SMILES string of the molecule is COc1ccc(C2(CC(=O)O)COC2)cc1. The summed E-state index contributed by atoms with van der Waals surface area (Å²) in [6.07, 6.45) is 0.110. The van der Waals surface area contributed by atoms with Crippen LogP contribution in [-0.2, 0) is 14.9 Å². The van der Waals surface area contributed by atoms with Crippen LogP contribution in [0.1, 0.15) is 12.0 Å². The van der Waals surface area contributed by atoms with Crippen LogP contribution in [-0.4, -0.2) is 31.4 Å². The zero-order chi connectivity index (χ0) is 11.6. The zero-order valence-electron chi connectivity index (χ0n) is 9.10. The monoisotopic (exact) mass is 222 g/mol. The Labute approximate surface area is 93.8 Å². The highest BCUT2D eigenvalue weighted by Gasteiger charge is 2.42. The summed E-state index contributed by atoms with van der Waals surface area (Å²) >= 11 is 0. The van der Waals surface area contributed by atoms with Crippen molar-refractivity contribution in [1.82, 2.24) is 0 Å². The molecule has 4 heteroatoms. The molecular weight excluding hydrogens is 208 g/mol. The van der Waals surface area contributed by atoms with Crippen LogP contribution in [0.3, 0.4) is 0 Å². The van der Waals surface area contributed by atoms with Crippen molar-refractivity contribution in [3.8, 4) is 5.75 Å². The first kappa shape index (κ1) is 11.0. The Kier molecular flexibility index (Phi) is 2.83. The second-order valence-electron chi connectivity index (χ2n) is 4.07. The second-order valence-corrected chi connectivity index (χ2v) is 4.07. The molecule has 0 spiro atoms. The number of carboxylic acid groups (broad SMARTS) is 1. The van der Waals surface area contributed by atoms with E-state index in [4.69, 9.17) is 14.6 Å². The number of benzene rings is 1. The minimum Gasteiger partial charge on any atom is -0.497 e. The highest BCUT2D eigenvalue weighted by Crippen LogP contribution is 2.36. The number of rotatable bonds is 4. The molecule has 1 aromatic rings. The predicted octanol–water partition coefficient (Wildman–Crippen LogP) is 1.44. The summed E-state index contributed by atoms with van der Waals surface area (Å²) in [5.74, 6) is -0.0198. The minimum absolute atomic E-state index is 0.110. The predicted molar refractivity (Wildman–Crippen MR) is 57.7 cm³/mol. The lowest BCUT2D eigenvalue weighted by atomic mass is 9.76.